The topological polar surface area (TPSA) is 60.0 Å². The number of benzene rings is 2. The van der Waals surface area contributed by atoms with Gasteiger partial charge in [0.1, 0.15) is 23.4 Å². The van der Waals surface area contributed by atoms with Crippen LogP contribution in [0.15, 0.2) is 106 Å². The van der Waals surface area contributed by atoms with Crippen molar-refractivity contribution >= 4 is 12.1 Å². The number of hydrogen-bond donors (Lipinski definition) is 1. The average molecular weight is 367 g/mol. The smallest absolute Gasteiger partial charge is 0.265 e. The highest BCUT2D eigenvalue weighted by molar-refractivity contribution is 6.01. The summed E-state index contributed by atoms with van der Waals surface area (Å²) >= 11 is 0. The molecule has 2 N–H and O–H groups in total. The molecule has 28 heavy (non-hydrogen) atoms. The molecule has 136 valence electrons. The van der Waals surface area contributed by atoms with Gasteiger partial charge >= 0.3 is 0 Å². The van der Waals surface area contributed by atoms with Crippen molar-refractivity contribution in [3.8, 4) is 11.5 Å². The summed E-state index contributed by atoms with van der Waals surface area (Å²) in [6.07, 6.45) is 11.4. The zero-order valence-corrected chi connectivity index (χ0v) is 15.4. The summed E-state index contributed by atoms with van der Waals surface area (Å²) in [6.45, 7) is 2.04. The third-order valence-corrected chi connectivity index (χ3v) is 4.96. The summed E-state index contributed by atoms with van der Waals surface area (Å²) in [4.78, 5) is 9.11. The van der Waals surface area contributed by atoms with E-state index in [4.69, 9.17) is 15.6 Å². The number of quaternary nitrogens is 1. The molecule has 2 aromatic rings. The van der Waals surface area contributed by atoms with Gasteiger partial charge in [0.25, 0.3) is 5.84 Å². The summed E-state index contributed by atoms with van der Waals surface area (Å²) in [5, 5.41) is 0. The Morgan fingerprint density at radius 1 is 1.04 bits per heavy atom. The van der Waals surface area contributed by atoms with E-state index in [9.17, 15) is 0 Å². The van der Waals surface area contributed by atoms with Crippen LogP contribution in [0.2, 0.25) is 0 Å². The number of hydrogen-bond acceptors (Lipinski definition) is 4. The fourth-order valence-electron chi connectivity index (χ4n) is 3.43. The quantitative estimate of drug-likeness (QED) is 0.639. The highest BCUT2D eigenvalue weighted by Crippen LogP contribution is 2.36. The minimum absolute atomic E-state index is 0.0160. The first kappa shape index (κ1) is 16.6. The van der Waals surface area contributed by atoms with Crippen molar-refractivity contribution in [2.45, 2.75) is 6.92 Å². The van der Waals surface area contributed by atoms with Crippen molar-refractivity contribution in [3.05, 3.63) is 107 Å². The zero-order chi connectivity index (χ0) is 19.1. The molecule has 2 aromatic carbocycles. The molecule has 2 aliphatic heterocycles. The Morgan fingerprint density at radius 2 is 1.86 bits per heavy atom. The van der Waals surface area contributed by atoms with Crippen molar-refractivity contribution in [2.24, 2.45) is 15.8 Å². The van der Waals surface area contributed by atoms with Crippen LogP contribution in [-0.4, -0.2) is 16.6 Å². The average Bonchev–Trinajstić information content (AvgIpc) is 2.94. The van der Waals surface area contributed by atoms with Gasteiger partial charge in [-0.05, 0) is 48.9 Å². The van der Waals surface area contributed by atoms with E-state index in [0.717, 1.165) is 45.4 Å². The molecular formula is C23H19N4O+. The number of aryl methyl sites for hydroxylation is 1. The van der Waals surface area contributed by atoms with Gasteiger partial charge in [0.05, 0.1) is 18.0 Å². The Hall–Kier alpha value is -3.54. The van der Waals surface area contributed by atoms with Crippen LogP contribution in [0.1, 0.15) is 11.1 Å². The lowest BCUT2D eigenvalue weighted by atomic mass is 10.0. The van der Waals surface area contributed by atoms with E-state index in [2.05, 4.69) is 4.99 Å². The van der Waals surface area contributed by atoms with E-state index < -0.39 is 0 Å². The maximum absolute atomic E-state index is 6.71. The number of fused-ring (bicyclic) bond motifs is 1. The molecule has 3 aliphatic rings. The Morgan fingerprint density at radius 3 is 2.57 bits per heavy atom. The Balaban J connectivity index is 1.46. The standard InChI is InChI=1S/C23H19N4O/c1-16-4-2-7-20(14-16)28-19-10-8-18(9-11-19)23-26-22(17-5-3-6-17)21-15-25-12-13-27(21,23)24/h2-15H,24H2,1H3/q+1. The molecule has 0 spiro atoms. The van der Waals surface area contributed by atoms with Gasteiger partial charge in [-0.1, -0.05) is 30.4 Å². The minimum Gasteiger partial charge on any atom is -0.457 e. The van der Waals surface area contributed by atoms with E-state index >= 15 is 0 Å². The highest BCUT2D eigenvalue weighted by atomic mass is 16.5. The van der Waals surface area contributed by atoms with Gasteiger partial charge in [-0.25, -0.2) is 0 Å². The van der Waals surface area contributed by atoms with Crippen molar-refractivity contribution in [3.63, 3.8) is 0 Å². The van der Waals surface area contributed by atoms with Crippen molar-refractivity contribution in [1.29, 1.82) is 0 Å². The minimum atomic E-state index is 0.0160. The van der Waals surface area contributed by atoms with Crippen LogP contribution in [0.3, 0.4) is 0 Å². The van der Waals surface area contributed by atoms with E-state index in [-0.39, 0.29) is 4.59 Å². The maximum atomic E-state index is 6.71. The first-order chi connectivity index (χ1) is 13.6. The number of rotatable bonds is 4. The van der Waals surface area contributed by atoms with Gasteiger partial charge in [0.2, 0.25) is 5.70 Å². The van der Waals surface area contributed by atoms with Crippen LogP contribution in [0, 0.1) is 6.92 Å². The second-order valence-corrected chi connectivity index (χ2v) is 6.95. The predicted octanol–water partition coefficient (Wildman–Crippen LogP) is 4.50. The Kier molecular flexibility index (Phi) is 3.72. The molecule has 0 aromatic heterocycles. The number of ether oxygens (including phenoxy) is 1. The SMILES string of the molecule is Cc1cccc(Oc2ccc(C3=NC(C4=CC=C4)=C4C=NC=C[N+]34N)cc2)c1. The molecule has 0 amide bonds. The summed E-state index contributed by atoms with van der Waals surface area (Å²) < 4.78 is 5.97. The third kappa shape index (κ3) is 2.65. The second kappa shape index (κ2) is 6.27. The number of nitrogens with two attached hydrogens (primary N) is 1. The molecule has 1 atom stereocenters. The molecule has 0 saturated heterocycles. The first-order valence-corrected chi connectivity index (χ1v) is 9.09. The largest absolute Gasteiger partial charge is 0.457 e. The molecular weight excluding hydrogens is 348 g/mol. The van der Waals surface area contributed by atoms with Gasteiger partial charge in [-0.3, -0.25) is 4.99 Å². The van der Waals surface area contributed by atoms with Gasteiger partial charge in [0, 0.05) is 5.57 Å². The lowest BCUT2D eigenvalue weighted by molar-refractivity contribution is -0.750. The lowest BCUT2D eigenvalue weighted by Crippen LogP contribution is -2.53. The van der Waals surface area contributed by atoms with E-state index in [1.54, 1.807) is 12.4 Å². The lowest BCUT2D eigenvalue weighted by Gasteiger charge is -2.26. The zero-order valence-electron chi connectivity index (χ0n) is 15.4. The predicted molar refractivity (Wildman–Crippen MR) is 111 cm³/mol. The van der Waals surface area contributed by atoms with Crippen LogP contribution < -0.4 is 10.6 Å². The number of allylic oxidation sites excluding steroid dienone is 4. The molecule has 1 unspecified atom stereocenters. The van der Waals surface area contributed by atoms with Crippen molar-refractivity contribution in [2.75, 3.05) is 0 Å². The molecule has 0 bridgehead atoms. The molecule has 1 aliphatic carbocycles. The van der Waals surface area contributed by atoms with E-state index in [1.807, 2.05) is 79.9 Å². The van der Waals surface area contributed by atoms with Crippen LogP contribution >= 0.6 is 0 Å². The number of amidine groups is 1. The molecule has 0 radical (unpaired) electrons. The normalized spacial score (nSPS) is 21.9. The van der Waals surface area contributed by atoms with Gasteiger partial charge in [-0.15, -0.1) is 4.59 Å². The fraction of sp³-hybridized carbons (Fsp3) is 0.0435. The Bertz CT molecular complexity index is 1150. The highest BCUT2D eigenvalue weighted by Gasteiger charge is 2.44. The summed E-state index contributed by atoms with van der Waals surface area (Å²) in [5.74, 6) is 9.06. The van der Waals surface area contributed by atoms with Crippen molar-refractivity contribution < 1.29 is 9.33 Å². The molecule has 0 saturated carbocycles. The Labute approximate surface area is 163 Å². The van der Waals surface area contributed by atoms with Gasteiger partial charge in [0.15, 0.2) is 0 Å². The molecule has 5 nitrogen and oxygen atoms in total. The van der Waals surface area contributed by atoms with Crippen molar-refractivity contribution in [1.82, 2.24) is 0 Å². The van der Waals surface area contributed by atoms with E-state index in [1.165, 1.54) is 0 Å². The van der Waals surface area contributed by atoms with Gasteiger partial charge < -0.3 is 4.74 Å². The molecule has 5 heteroatoms. The second-order valence-electron chi connectivity index (χ2n) is 6.95. The fourth-order valence-corrected chi connectivity index (χ4v) is 3.43. The maximum Gasteiger partial charge on any atom is 0.265 e. The summed E-state index contributed by atoms with van der Waals surface area (Å²) in [7, 11) is 0. The number of nitrogens with zero attached hydrogens (tertiary/aromatic N) is 3. The van der Waals surface area contributed by atoms with Crippen LogP contribution in [0.5, 0.6) is 11.5 Å². The van der Waals surface area contributed by atoms with E-state index in [0.29, 0.717) is 0 Å². The molecule has 2 heterocycles. The third-order valence-electron chi connectivity index (χ3n) is 4.96. The molecule has 5 rings (SSSR count). The molecule has 0 fully saturated rings. The van der Waals surface area contributed by atoms with Gasteiger partial charge in [-0.2, -0.15) is 10.8 Å². The monoisotopic (exact) mass is 367 g/mol. The number of aliphatic imine (C=N–C) groups is 2. The first-order valence-electron chi connectivity index (χ1n) is 9.09. The summed E-state index contributed by atoms with van der Waals surface area (Å²) in [5.41, 5.74) is 4.91. The van der Waals surface area contributed by atoms with Crippen LogP contribution in [0.4, 0.5) is 0 Å². The summed E-state index contributed by atoms with van der Waals surface area (Å²) in [6, 6.07) is 15.8. The van der Waals surface area contributed by atoms with Crippen LogP contribution in [-0.2, 0) is 0 Å². The van der Waals surface area contributed by atoms with Crippen LogP contribution in [0.25, 0.3) is 0 Å².